The van der Waals surface area contributed by atoms with Gasteiger partial charge in [-0.05, 0) is 41.5 Å². The van der Waals surface area contributed by atoms with E-state index in [1.807, 2.05) is 12.1 Å². The van der Waals surface area contributed by atoms with Crippen LogP contribution in [0.25, 0.3) is 28.0 Å². The molecule has 4 aromatic rings. The molecule has 0 saturated heterocycles. The van der Waals surface area contributed by atoms with E-state index in [4.69, 9.17) is 4.74 Å². The second-order valence-corrected chi connectivity index (χ2v) is 6.74. The highest BCUT2D eigenvalue weighted by molar-refractivity contribution is 5.90. The predicted octanol–water partition coefficient (Wildman–Crippen LogP) is 1.88. The Morgan fingerprint density at radius 3 is 2.61 bits per heavy atom. The summed E-state index contributed by atoms with van der Waals surface area (Å²) in [6.45, 7) is 0.265. The summed E-state index contributed by atoms with van der Waals surface area (Å²) in [5.74, 6) is 0.202. The van der Waals surface area contributed by atoms with Gasteiger partial charge >= 0.3 is 5.97 Å². The minimum Gasteiger partial charge on any atom is -0.497 e. The summed E-state index contributed by atoms with van der Waals surface area (Å²) in [4.78, 5) is 40.0. The Hall–Kier alpha value is -4.27. The van der Waals surface area contributed by atoms with E-state index in [0.29, 0.717) is 22.2 Å². The Balaban J connectivity index is 1.85. The number of methoxy groups -OCH3 is 2. The molecule has 2 aromatic heterocycles. The molecule has 0 saturated carbocycles. The Labute approximate surface area is 175 Å². The van der Waals surface area contributed by atoms with E-state index in [1.165, 1.54) is 23.9 Å². The number of benzene rings is 2. The number of carbonyl (C=O) groups is 1. The number of hydrogen-bond donors (Lipinski definition) is 1. The molecule has 0 spiro atoms. The fourth-order valence-corrected chi connectivity index (χ4v) is 3.21. The monoisotopic (exact) mass is 418 g/mol. The average Bonchev–Trinajstić information content (AvgIpc) is 3.17. The van der Waals surface area contributed by atoms with Crippen molar-refractivity contribution in [1.29, 1.82) is 0 Å². The van der Waals surface area contributed by atoms with Gasteiger partial charge < -0.3 is 14.5 Å². The molecule has 0 aliphatic heterocycles. The molecule has 0 aliphatic rings. The van der Waals surface area contributed by atoms with Gasteiger partial charge in [-0.1, -0.05) is 23.4 Å². The molecule has 0 bridgehead atoms. The minimum absolute atomic E-state index is 0.0404. The molecular weight excluding hydrogens is 400 g/mol. The number of esters is 1. The minimum atomic E-state index is -0.530. The topological polar surface area (TPSA) is 116 Å². The number of H-pyrrole nitrogens is 1. The number of ether oxygens (including phenoxy) is 2. The van der Waals surface area contributed by atoms with E-state index in [-0.39, 0.29) is 23.0 Å². The lowest BCUT2D eigenvalue weighted by Gasteiger charge is -2.04. The first-order valence-corrected chi connectivity index (χ1v) is 9.32. The summed E-state index contributed by atoms with van der Waals surface area (Å²) in [6, 6.07) is 12.2. The molecule has 2 aromatic carbocycles. The standard InChI is InChI=1S/C22H18N4O5/c1-30-15-7-3-14(4-8-15)12-26-20-19(24-25-26)22(29)23-17-11-13(6-10-18(27)31-2)5-9-16(17)21(20)28/h3-11H,12H2,1-2H3,(H,23,29). The van der Waals surface area contributed by atoms with E-state index in [1.54, 1.807) is 37.4 Å². The molecular formula is C22H18N4O5. The van der Waals surface area contributed by atoms with Crippen molar-refractivity contribution in [2.75, 3.05) is 14.2 Å². The van der Waals surface area contributed by atoms with Crippen LogP contribution in [0.1, 0.15) is 11.1 Å². The first kappa shape index (κ1) is 20.0. The maximum absolute atomic E-state index is 13.3. The summed E-state index contributed by atoms with van der Waals surface area (Å²) >= 11 is 0. The van der Waals surface area contributed by atoms with Gasteiger partial charge in [-0.2, -0.15) is 0 Å². The molecule has 156 valence electrons. The highest BCUT2D eigenvalue weighted by atomic mass is 16.5. The second kappa shape index (κ2) is 8.23. The van der Waals surface area contributed by atoms with Crippen molar-refractivity contribution in [3.05, 3.63) is 80.2 Å². The average molecular weight is 418 g/mol. The summed E-state index contributed by atoms with van der Waals surface area (Å²) in [7, 11) is 2.86. The molecule has 31 heavy (non-hydrogen) atoms. The lowest BCUT2D eigenvalue weighted by molar-refractivity contribution is -0.134. The van der Waals surface area contributed by atoms with Gasteiger partial charge in [-0.15, -0.1) is 5.10 Å². The maximum atomic E-state index is 13.3. The molecule has 0 atom stereocenters. The third kappa shape index (κ3) is 3.93. The zero-order chi connectivity index (χ0) is 22.0. The SMILES string of the molecule is COC(=O)C=Cc1ccc2c(=O)c3c(nnn3Cc3ccc(OC)cc3)c(=O)[nH]c2c1. The van der Waals surface area contributed by atoms with Gasteiger partial charge in [-0.3, -0.25) is 9.59 Å². The molecule has 1 N–H and O–H groups in total. The van der Waals surface area contributed by atoms with Crippen molar-refractivity contribution in [3.63, 3.8) is 0 Å². The molecule has 9 nitrogen and oxygen atoms in total. The van der Waals surface area contributed by atoms with Crippen LogP contribution in [-0.2, 0) is 16.1 Å². The van der Waals surface area contributed by atoms with Crippen molar-refractivity contribution in [3.8, 4) is 5.75 Å². The number of nitrogens with zero attached hydrogens (tertiary/aromatic N) is 3. The number of rotatable bonds is 5. The van der Waals surface area contributed by atoms with Crippen molar-refractivity contribution in [2.45, 2.75) is 6.54 Å². The van der Waals surface area contributed by atoms with Gasteiger partial charge in [0, 0.05) is 11.5 Å². The molecule has 4 rings (SSSR count). The van der Waals surface area contributed by atoms with Crippen molar-refractivity contribution in [1.82, 2.24) is 20.0 Å². The number of nitrogens with one attached hydrogen (secondary N) is 1. The maximum Gasteiger partial charge on any atom is 0.330 e. The first-order valence-electron chi connectivity index (χ1n) is 9.32. The number of hydrogen-bond acceptors (Lipinski definition) is 7. The molecule has 0 aliphatic carbocycles. The van der Waals surface area contributed by atoms with Crippen LogP contribution < -0.4 is 15.7 Å². The molecule has 0 fully saturated rings. The fraction of sp³-hybridized carbons (Fsp3) is 0.136. The van der Waals surface area contributed by atoms with Gasteiger partial charge in [-0.25, -0.2) is 9.48 Å². The van der Waals surface area contributed by atoms with Gasteiger partial charge in [0.15, 0.2) is 5.52 Å². The molecule has 0 amide bonds. The fourth-order valence-electron chi connectivity index (χ4n) is 3.21. The Bertz CT molecular complexity index is 1440. The van der Waals surface area contributed by atoms with E-state index in [0.717, 1.165) is 5.56 Å². The van der Waals surface area contributed by atoms with Crippen LogP contribution in [0.4, 0.5) is 0 Å². The summed E-state index contributed by atoms with van der Waals surface area (Å²) in [6.07, 6.45) is 2.79. The van der Waals surface area contributed by atoms with Gasteiger partial charge in [0.2, 0.25) is 5.43 Å². The van der Waals surface area contributed by atoms with Crippen LogP contribution in [0.5, 0.6) is 5.75 Å². The van der Waals surface area contributed by atoms with Crippen molar-refractivity contribution in [2.24, 2.45) is 0 Å². The molecule has 0 radical (unpaired) electrons. The van der Waals surface area contributed by atoms with Gasteiger partial charge in [0.25, 0.3) is 5.56 Å². The molecule has 9 heteroatoms. The Morgan fingerprint density at radius 2 is 1.90 bits per heavy atom. The van der Waals surface area contributed by atoms with Crippen molar-refractivity contribution >= 4 is 34.0 Å². The number of aromatic amines is 1. The summed E-state index contributed by atoms with van der Waals surface area (Å²) in [5.41, 5.74) is 0.996. The van der Waals surface area contributed by atoms with Crippen LogP contribution >= 0.6 is 0 Å². The Morgan fingerprint density at radius 1 is 1.13 bits per heavy atom. The largest absolute Gasteiger partial charge is 0.497 e. The van der Waals surface area contributed by atoms with Gasteiger partial charge in [0.1, 0.15) is 11.3 Å². The third-order valence-corrected chi connectivity index (χ3v) is 4.81. The van der Waals surface area contributed by atoms with Crippen LogP contribution in [0.15, 0.2) is 58.1 Å². The number of fused-ring (bicyclic) bond motifs is 2. The Kier molecular flexibility index (Phi) is 5.31. The smallest absolute Gasteiger partial charge is 0.330 e. The van der Waals surface area contributed by atoms with Gasteiger partial charge in [0.05, 0.1) is 26.3 Å². The zero-order valence-corrected chi connectivity index (χ0v) is 16.8. The number of aromatic nitrogens is 4. The van der Waals surface area contributed by atoms with Crippen molar-refractivity contribution < 1.29 is 14.3 Å². The highest BCUT2D eigenvalue weighted by Crippen LogP contribution is 2.15. The van der Waals surface area contributed by atoms with E-state index >= 15 is 0 Å². The van der Waals surface area contributed by atoms with E-state index in [2.05, 4.69) is 20.0 Å². The van der Waals surface area contributed by atoms with Crippen LogP contribution in [0.2, 0.25) is 0 Å². The van der Waals surface area contributed by atoms with E-state index < -0.39 is 11.5 Å². The zero-order valence-electron chi connectivity index (χ0n) is 16.8. The second-order valence-electron chi connectivity index (χ2n) is 6.74. The number of carbonyl (C=O) groups excluding carboxylic acids is 1. The molecule has 2 heterocycles. The molecule has 0 unspecified atom stereocenters. The summed E-state index contributed by atoms with van der Waals surface area (Å²) in [5, 5.41) is 8.26. The lowest BCUT2D eigenvalue weighted by Crippen LogP contribution is -2.10. The lowest BCUT2D eigenvalue weighted by atomic mass is 10.1. The quantitative estimate of drug-likeness (QED) is 0.388. The first-order chi connectivity index (χ1) is 15.0. The summed E-state index contributed by atoms with van der Waals surface area (Å²) < 4.78 is 11.1. The normalized spacial score (nSPS) is 11.3. The van der Waals surface area contributed by atoms with E-state index in [9.17, 15) is 14.4 Å². The highest BCUT2D eigenvalue weighted by Gasteiger charge is 2.14. The van der Waals surface area contributed by atoms with Crippen LogP contribution in [0, 0.1) is 0 Å². The predicted molar refractivity (Wildman–Crippen MR) is 115 cm³/mol. The van der Waals surface area contributed by atoms with Crippen LogP contribution in [0.3, 0.4) is 0 Å². The van der Waals surface area contributed by atoms with Crippen LogP contribution in [-0.4, -0.2) is 40.2 Å². The third-order valence-electron chi connectivity index (χ3n) is 4.81.